The molecule has 0 aromatic heterocycles. The Morgan fingerprint density at radius 1 is 0.534 bits per heavy atom. The van der Waals surface area contributed by atoms with E-state index in [1.807, 2.05) is 5.32 Å². The molecule has 4 aliphatic heterocycles. The number of hydrogen-bond acceptors (Lipinski definition) is 35. The molecule has 0 radical (unpaired) electrons. The number of ether oxygens (including phenoxy) is 8. The van der Waals surface area contributed by atoms with Crippen LogP contribution < -0.4 is 20.8 Å². The average molecular weight is 1150 g/mol. The second kappa shape index (κ2) is 25.6. The molecule has 4 rings (SSSR count). The molecule has 0 bridgehead atoms. The lowest BCUT2D eigenvalue weighted by Gasteiger charge is -2.51. The summed E-state index contributed by atoms with van der Waals surface area (Å²) in [6.45, 7) is 1.09. The maximum absolute atomic E-state index is 12.8. The normalized spacial score (nSPS) is 37.5. The summed E-state index contributed by atoms with van der Waals surface area (Å²) >= 11 is 0. The van der Waals surface area contributed by atoms with Gasteiger partial charge in [0.05, 0.1) is 31.8 Å². The first-order valence-corrected chi connectivity index (χ1v) is 25.0. The van der Waals surface area contributed by atoms with Crippen molar-refractivity contribution in [2.24, 2.45) is 0 Å². The summed E-state index contributed by atoms with van der Waals surface area (Å²) in [5.41, 5.74) is 0. The van der Waals surface area contributed by atoms with Gasteiger partial charge in [-0.15, -0.1) is 6.58 Å². The van der Waals surface area contributed by atoms with Crippen LogP contribution in [0.5, 0.6) is 0 Å². The largest absolute Gasteiger partial charge is 0.726 e. The molecule has 9 unspecified atom stereocenters. The van der Waals surface area contributed by atoms with Crippen LogP contribution in [0.2, 0.25) is 0 Å². The molecule has 20 atom stereocenters. The Morgan fingerprint density at radius 2 is 0.918 bits per heavy atom. The van der Waals surface area contributed by atoms with Gasteiger partial charge in [0.2, 0.25) is 53.4 Å². The van der Waals surface area contributed by atoms with Crippen molar-refractivity contribution in [3.63, 3.8) is 0 Å². The van der Waals surface area contributed by atoms with Crippen molar-refractivity contribution in [1.82, 2.24) is 10.6 Å². The Bertz CT molecular complexity index is 2390. The van der Waals surface area contributed by atoms with Gasteiger partial charge in [-0.25, -0.2) is 33.7 Å². The molecule has 4 saturated heterocycles. The van der Waals surface area contributed by atoms with Gasteiger partial charge in [0.15, 0.2) is 25.2 Å². The summed E-state index contributed by atoms with van der Waals surface area (Å²) in [6.07, 6.45) is -45.9. The fraction of sp³-hybridized carbons (Fsp3) is 0.812. The van der Waals surface area contributed by atoms with E-state index in [1.54, 1.807) is 0 Å². The Labute approximate surface area is 412 Å². The molecule has 0 spiro atoms. The van der Waals surface area contributed by atoms with Gasteiger partial charge in [0.25, 0.3) is 0 Å². The number of aliphatic carboxylic acids is 2. The van der Waals surface area contributed by atoms with Crippen molar-refractivity contribution in [3.05, 3.63) is 12.7 Å². The highest BCUT2D eigenvalue weighted by molar-refractivity contribution is 7.81. The number of nitrogens with one attached hydrogen (secondary N) is 2. The van der Waals surface area contributed by atoms with Gasteiger partial charge in [-0.05, 0) is 0 Å². The van der Waals surface area contributed by atoms with Gasteiger partial charge in [-0.1, -0.05) is 13.5 Å². The van der Waals surface area contributed by atoms with Crippen molar-refractivity contribution < 1.29 is 161 Å². The van der Waals surface area contributed by atoms with Crippen molar-refractivity contribution in [2.75, 3.05) is 19.8 Å². The zero-order valence-corrected chi connectivity index (χ0v) is 39.3. The van der Waals surface area contributed by atoms with E-state index >= 15 is 0 Å². The molecular weight excluding hydrogens is 1100 g/mol. The molecule has 0 aromatic rings. The fourth-order valence-electron chi connectivity index (χ4n) is 7.31. The van der Waals surface area contributed by atoms with Crippen LogP contribution in [-0.2, 0) is 115 Å². The second-order valence-corrected chi connectivity index (χ2v) is 19.3. The molecule has 4 heterocycles. The van der Waals surface area contributed by atoms with Crippen molar-refractivity contribution in [1.29, 1.82) is 0 Å². The number of carboxylic acid groups (broad SMARTS) is 2. The van der Waals surface area contributed by atoms with E-state index in [-0.39, 0.29) is 7.43 Å². The van der Waals surface area contributed by atoms with E-state index in [9.17, 15) is 107 Å². The van der Waals surface area contributed by atoms with E-state index < -0.39 is 208 Å². The molecule has 41 heteroatoms. The molecule has 37 nitrogen and oxygen atoms in total. The second-order valence-electron chi connectivity index (χ2n) is 15.2. The third kappa shape index (κ3) is 17.8. The van der Waals surface area contributed by atoms with Crippen LogP contribution in [0.3, 0.4) is 0 Å². The summed E-state index contributed by atoms with van der Waals surface area (Å²) in [5.74, 6) is -7.08. The number of amides is 2. The summed E-state index contributed by atoms with van der Waals surface area (Å²) in [5, 5.41) is 82.8. The minimum atomic E-state index is -6.13. The first kappa shape index (κ1) is 63.9. The minimum absolute atomic E-state index is 0. The first-order valence-electron chi connectivity index (χ1n) is 19.7. The Balaban J connectivity index is 0.0000141. The van der Waals surface area contributed by atoms with Crippen LogP contribution in [0, 0.1) is 0 Å². The van der Waals surface area contributed by atoms with Gasteiger partial charge in [0.1, 0.15) is 97.5 Å². The van der Waals surface area contributed by atoms with Crippen LogP contribution >= 0.6 is 0 Å². The predicted molar refractivity (Wildman–Crippen MR) is 208 cm³/mol. The molecule has 4 fully saturated rings. The summed E-state index contributed by atoms with van der Waals surface area (Å²) < 4.78 is 201. The first-order chi connectivity index (χ1) is 33.0. The van der Waals surface area contributed by atoms with E-state index in [0.29, 0.717) is 6.92 Å². The maximum atomic E-state index is 12.8. The van der Waals surface area contributed by atoms with Crippen molar-refractivity contribution in [2.45, 2.75) is 144 Å². The molecule has 73 heavy (non-hydrogen) atoms. The molecule has 2 amide bonds. The van der Waals surface area contributed by atoms with Crippen LogP contribution in [-0.4, -0.2) is 244 Å². The summed E-state index contributed by atoms with van der Waals surface area (Å²) in [6, 6.07) is -4.46. The number of aliphatic hydroxyl groups excluding tert-OH is 5. The quantitative estimate of drug-likeness (QED) is 0.0284. The molecular formula is C32H46N2O35S4-6. The Hall–Kier alpha value is -3.42. The third-order valence-corrected chi connectivity index (χ3v) is 11.8. The highest BCUT2D eigenvalue weighted by atomic mass is 32.3. The van der Waals surface area contributed by atoms with E-state index in [0.717, 1.165) is 13.0 Å². The zero-order valence-electron chi connectivity index (χ0n) is 36.1. The topological polar surface area (TPSA) is 579 Å². The van der Waals surface area contributed by atoms with Crippen molar-refractivity contribution in [3.8, 4) is 0 Å². The van der Waals surface area contributed by atoms with Crippen LogP contribution in [0.4, 0.5) is 0 Å². The lowest BCUT2D eigenvalue weighted by molar-refractivity contribution is -0.385. The molecule has 0 aromatic carbocycles. The lowest BCUT2D eigenvalue weighted by atomic mass is 9.94. The number of carbonyl (C=O) groups is 4. The van der Waals surface area contributed by atoms with Gasteiger partial charge in [-0.2, -0.15) is 0 Å². The minimum Gasteiger partial charge on any atom is -0.726 e. The monoisotopic (exact) mass is 1150 g/mol. The third-order valence-electron chi connectivity index (χ3n) is 10.1. The van der Waals surface area contributed by atoms with E-state index in [2.05, 4.69) is 28.6 Å². The molecule has 4 aliphatic rings. The fourth-order valence-corrected chi connectivity index (χ4v) is 8.92. The predicted octanol–water partition coefficient (Wildman–Crippen LogP) is -12.2. The molecule has 424 valence electrons. The SMILES string of the molecule is C.C=CCO[C@@H]1OC(COS(=O)(=O)[O-])[C@H](OS(=O)(=O)[O-])[C@H](O[C@@H]2OC(C(=O)[O-])[C@@H](O[C@@H]3OC(COS(=O)(=O)[O-])[C@H](OS(=O)(=O)[O-])[C@H](O[C@@H]4OC(C(=O)[O-])C(O)[C@H](O)C4O)C3NC(C)=O)[C@H](O)C2O)C1NC(C)=O. The Kier molecular flexibility index (Phi) is 22.4. The van der Waals surface area contributed by atoms with E-state index in [4.69, 9.17) is 37.9 Å². The van der Waals surface area contributed by atoms with Gasteiger partial charge in [0, 0.05) is 13.8 Å². The van der Waals surface area contributed by atoms with Crippen LogP contribution in [0.25, 0.3) is 0 Å². The molecule has 7 N–H and O–H groups in total. The lowest BCUT2D eigenvalue weighted by Crippen LogP contribution is -2.72. The van der Waals surface area contributed by atoms with Gasteiger partial charge < -0.3 is 112 Å². The highest BCUT2D eigenvalue weighted by Gasteiger charge is 2.58. The smallest absolute Gasteiger partial charge is 0.218 e. The average Bonchev–Trinajstić information content (AvgIpc) is 3.22. The molecule has 0 saturated carbocycles. The van der Waals surface area contributed by atoms with Crippen molar-refractivity contribution >= 4 is 65.3 Å². The number of carboxylic acids is 2. The number of rotatable bonds is 23. The standard InChI is InChI=1S/C31H48N2O35S4.CH4/c1-4-5-57-28-12(32-8(2)34)21(19(67-71(51,52)53)10(60-28)6-58-69(45,46)47)62-31-18(40)16(38)23(25(66-31)27(43)44)64-29-13(33-9(3)35)22(63-30-17(39)14(36)15(37)24(65-30)26(41)42)20(68-72(54,55)56)11(61-29)7-59-70(48,49)50;/h4,10-25,28-31,36-40H,1,5-7H2,2-3H3,(H,32,34)(H,33,35)(H,41,42)(H,43,44)(H,45,46,47)(H,48,49,50)(H,51,52,53)(H,54,55,56);1H4/p-6/t10?,11?,12?,13?,14-,15?,16+,17?,18?,19-,20-,21+,22+,23-,24?,25?,28+,29-,30+,31+;/m0./s1. The number of hydrogen-bond donors (Lipinski definition) is 7. The Morgan fingerprint density at radius 3 is 1.30 bits per heavy atom. The number of carbonyl (C=O) groups excluding carboxylic acids is 4. The van der Waals surface area contributed by atoms with E-state index in [1.165, 1.54) is 0 Å². The summed E-state index contributed by atoms with van der Waals surface area (Å²) in [7, 11) is -23.7. The highest BCUT2D eigenvalue weighted by Crippen LogP contribution is 2.37. The maximum Gasteiger partial charge on any atom is 0.218 e. The van der Waals surface area contributed by atoms with Gasteiger partial charge >= 0.3 is 0 Å². The number of aliphatic hydroxyl groups is 5. The summed E-state index contributed by atoms with van der Waals surface area (Å²) in [4.78, 5) is 49.6. The molecule has 0 aliphatic carbocycles. The van der Waals surface area contributed by atoms with Gasteiger partial charge in [-0.3, -0.25) is 26.3 Å². The van der Waals surface area contributed by atoms with Crippen LogP contribution in [0.1, 0.15) is 21.3 Å². The van der Waals surface area contributed by atoms with Crippen LogP contribution in [0.15, 0.2) is 12.7 Å². The zero-order chi connectivity index (χ0) is 54.6.